The third kappa shape index (κ3) is 4.35. The molecule has 0 aromatic heterocycles. The average Bonchev–Trinajstić information content (AvgIpc) is 2.29. The summed E-state index contributed by atoms with van der Waals surface area (Å²) in [7, 11) is 0. The van der Waals surface area contributed by atoms with Crippen molar-refractivity contribution in [3.63, 3.8) is 0 Å². The maximum atomic E-state index is 12.0. The molecule has 1 atom stereocenters. The Morgan fingerprint density at radius 1 is 1.44 bits per heavy atom. The molecule has 18 heavy (non-hydrogen) atoms. The van der Waals surface area contributed by atoms with E-state index >= 15 is 0 Å². The highest BCUT2D eigenvalue weighted by Gasteiger charge is 2.19. The number of morpholine rings is 1. The van der Waals surface area contributed by atoms with Gasteiger partial charge in [-0.25, -0.2) is 0 Å². The van der Waals surface area contributed by atoms with Gasteiger partial charge in [0, 0.05) is 23.1 Å². The van der Waals surface area contributed by atoms with Gasteiger partial charge in [0.2, 0.25) is 0 Å². The summed E-state index contributed by atoms with van der Waals surface area (Å²) >= 11 is 3.36. The summed E-state index contributed by atoms with van der Waals surface area (Å²) in [5.41, 5.74) is 0.771. The second-order valence-corrected chi connectivity index (χ2v) is 5.26. The van der Waals surface area contributed by atoms with Crippen LogP contribution >= 0.6 is 28.3 Å². The van der Waals surface area contributed by atoms with E-state index < -0.39 is 0 Å². The average molecular weight is 335 g/mol. The lowest BCUT2D eigenvalue weighted by Crippen LogP contribution is -2.43. The van der Waals surface area contributed by atoms with E-state index in [9.17, 15) is 4.79 Å². The highest BCUT2D eigenvalue weighted by molar-refractivity contribution is 9.10. The number of hydrogen-bond donors (Lipinski definition) is 0. The van der Waals surface area contributed by atoms with E-state index in [1.165, 1.54) is 0 Å². The van der Waals surface area contributed by atoms with Crippen molar-refractivity contribution in [2.24, 2.45) is 0 Å². The first kappa shape index (κ1) is 15.6. The van der Waals surface area contributed by atoms with Crippen molar-refractivity contribution >= 4 is 34.1 Å². The Morgan fingerprint density at radius 2 is 2.11 bits per heavy atom. The molecule has 1 aromatic carbocycles. The molecule has 1 saturated heterocycles. The molecule has 0 N–H and O–H groups in total. The largest absolute Gasteiger partial charge is 0.376 e. The summed E-state index contributed by atoms with van der Waals surface area (Å²) in [5.74, 6) is 0.173. The van der Waals surface area contributed by atoms with E-state index in [0.29, 0.717) is 6.54 Å². The minimum absolute atomic E-state index is 0. The molecule has 1 fully saturated rings. The molecule has 3 nitrogen and oxygen atoms in total. The third-order valence-corrected chi connectivity index (χ3v) is 3.39. The summed E-state index contributed by atoms with van der Waals surface area (Å²) in [5, 5.41) is 0. The van der Waals surface area contributed by atoms with Crippen molar-refractivity contribution < 1.29 is 9.53 Å². The predicted molar refractivity (Wildman–Crippen MR) is 77.6 cm³/mol. The van der Waals surface area contributed by atoms with Crippen molar-refractivity contribution in [3.8, 4) is 0 Å². The number of Topliss-reactive ketones (excluding diaryl/α,β-unsaturated/α-hetero) is 1. The highest BCUT2D eigenvalue weighted by Crippen LogP contribution is 2.12. The van der Waals surface area contributed by atoms with Gasteiger partial charge in [-0.2, -0.15) is 0 Å². The standard InChI is InChI=1S/C13H16BrNO2.ClH/c1-10-8-15(6-7-17-10)9-13(16)11-2-4-12(14)5-3-11;/h2-5,10H,6-9H2,1H3;1H. The molecule has 0 saturated carbocycles. The quantitative estimate of drug-likeness (QED) is 0.796. The van der Waals surface area contributed by atoms with Gasteiger partial charge in [-0.3, -0.25) is 9.69 Å². The molecular formula is C13H17BrClNO2. The summed E-state index contributed by atoms with van der Waals surface area (Å²) in [6.07, 6.45) is 0.224. The van der Waals surface area contributed by atoms with Crippen molar-refractivity contribution in [1.82, 2.24) is 4.90 Å². The van der Waals surface area contributed by atoms with Gasteiger partial charge in [0.25, 0.3) is 0 Å². The molecule has 0 radical (unpaired) electrons. The van der Waals surface area contributed by atoms with E-state index in [0.717, 1.165) is 29.7 Å². The number of rotatable bonds is 3. The zero-order chi connectivity index (χ0) is 12.3. The van der Waals surface area contributed by atoms with Crippen LogP contribution in [-0.4, -0.2) is 43.0 Å². The smallest absolute Gasteiger partial charge is 0.176 e. The Bertz CT molecular complexity index is 396. The zero-order valence-corrected chi connectivity index (χ0v) is 12.7. The van der Waals surface area contributed by atoms with Gasteiger partial charge in [-0.05, 0) is 19.1 Å². The molecule has 0 aliphatic carbocycles. The van der Waals surface area contributed by atoms with Crippen LogP contribution in [0, 0.1) is 0 Å². The number of carbonyl (C=O) groups excluding carboxylic acids is 1. The number of nitrogens with zero attached hydrogens (tertiary/aromatic N) is 1. The fraction of sp³-hybridized carbons (Fsp3) is 0.462. The van der Waals surface area contributed by atoms with Gasteiger partial charge in [0.1, 0.15) is 0 Å². The molecule has 1 aliphatic rings. The number of halogens is 2. The van der Waals surface area contributed by atoms with Crippen LogP contribution in [0.4, 0.5) is 0 Å². The highest BCUT2D eigenvalue weighted by atomic mass is 79.9. The lowest BCUT2D eigenvalue weighted by Gasteiger charge is -2.30. The Kier molecular flexibility index (Phi) is 6.29. The van der Waals surface area contributed by atoms with Crippen molar-refractivity contribution in [2.45, 2.75) is 13.0 Å². The summed E-state index contributed by atoms with van der Waals surface area (Å²) in [6, 6.07) is 7.51. The SMILES string of the molecule is CC1CN(CC(=O)c2ccc(Br)cc2)CCO1.Cl. The van der Waals surface area contributed by atoms with Gasteiger partial charge in [-0.15, -0.1) is 12.4 Å². The third-order valence-electron chi connectivity index (χ3n) is 2.86. The second-order valence-electron chi connectivity index (χ2n) is 4.35. The molecule has 1 heterocycles. The molecule has 100 valence electrons. The van der Waals surface area contributed by atoms with Crippen LogP contribution in [0.25, 0.3) is 0 Å². The molecule has 0 spiro atoms. The Labute approximate surface area is 122 Å². The molecule has 1 aliphatic heterocycles. The van der Waals surface area contributed by atoms with E-state index in [2.05, 4.69) is 20.8 Å². The van der Waals surface area contributed by atoms with E-state index in [1.54, 1.807) is 0 Å². The first-order valence-corrected chi connectivity index (χ1v) is 6.57. The summed E-state index contributed by atoms with van der Waals surface area (Å²) < 4.78 is 6.45. The molecule has 5 heteroatoms. The van der Waals surface area contributed by atoms with E-state index in [4.69, 9.17) is 4.74 Å². The predicted octanol–water partition coefficient (Wildman–Crippen LogP) is 2.77. The minimum Gasteiger partial charge on any atom is -0.376 e. The van der Waals surface area contributed by atoms with Crippen LogP contribution in [0.15, 0.2) is 28.7 Å². The lowest BCUT2D eigenvalue weighted by atomic mass is 10.1. The number of benzene rings is 1. The molecule has 1 unspecified atom stereocenters. The van der Waals surface area contributed by atoms with E-state index in [1.807, 2.05) is 31.2 Å². The van der Waals surface area contributed by atoms with Gasteiger partial charge in [0.05, 0.1) is 19.3 Å². The number of carbonyl (C=O) groups is 1. The first-order chi connectivity index (χ1) is 8.15. The number of ether oxygens (including phenoxy) is 1. The van der Waals surface area contributed by atoms with Gasteiger partial charge >= 0.3 is 0 Å². The van der Waals surface area contributed by atoms with Crippen LogP contribution in [0.1, 0.15) is 17.3 Å². The Balaban J connectivity index is 0.00000162. The van der Waals surface area contributed by atoms with Crippen molar-refractivity contribution in [2.75, 3.05) is 26.2 Å². The molecular weight excluding hydrogens is 318 g/mol. The van der Waals surface area contributed by atoms with Crippen LogP contribution < -0.4 is 0 Å². The van der Waals surface area contributed by atoms with Crippen LogP contribution in [0.5, 0.6) is 0 Å². The minimum atomic E-state index is 0. The Morgan fingerprint density at radius 3 is 2.72 bits per heavy atom. The van der Waals surface area contributed by atoms with Crippen molar-refractivity contribution in [3.05, 3.63) is 34.3 Å². The fourth-order valence-corrected chi connectivity index (χ4v) is 2.23. The second kappa shape index (κ2) is 7.24. The normalized spacial score (nSPS) is 20.2. The maximum Gasteiger partial charge on any atom is 0.176 e. The summed E-state index contributed by atoms with van der Waals surface area (Å²) in [6.45, 7) is 4.91. The van der Waals surface area contributed by atoms with Gasteiger partial charge in [-0.1, -0.05) is 28.1 Å². The zero-order valence-electron chi connectivity index (χ0n) is 10.3. The summed E-state index contributed by atoms with van der Waals surface area (Å²) in [4.78, 5) is 14.2. The maximum absolute atomic E-state index is 12.0. The fourth-order valence-electron chi connectivity index (χ4n) is 1.96. The first-order valence-electron chi connectivity index (χ1n) is 5.78. The lowest BCUT2D eigenvalue weighted by molar-refractivity contribution is -0.0158. The molecule has 0 bridgehead atoms. The number of hydrogen-bond acceptors (Lipinski definition) is 3. The molecule has 1 aromatic rings. The number of ketones is 1. The topological polar surface area (TPSA) is 29.5 Å². The van der Waals surface area contributed by atoms with Gasteiger partial charge in [0.15, 0.2) is 5.78 Å². The Hall–Kier alpha value is -0.420. The van der Waals surface area contributed by atoms with Crippen LogP contribution in [0.2, 0.25) is 0 Å². The molecule has 0 amide bonds. The van der Waals surface area contributed by atoms with Crippen LogP contribution in [-0.2, 0) is 4.74 Å². The molecule has 2 rings (SSSR count). The monoisotopic (exact) mass is 333 g/mol. The van der Waals surface area contributed by atoms with Gasteiger partial charge < -0.3 is 4.74 Å². The van der Waals surface area contributed by atoms with Crippen molar-refractivity contribution in [1.29, 1.82) is 0 Å². The van der Waals surface area contributed by atoms with E-state index in [-0.39, 0.29) is 24.3 Å². The van der Waals surface area contributed by atoms with Crippen LogP contribution in [0.3, 0.4) is 0 Å².